The zero-order valence-electron chi connectivity index (χ0n) is 48.9. The number of aliphatic hydroxyl groups excluding tert-OH is 7. The molecule has 446 valence electrons. The predicted molar refractivity (Wildman–Crippen MR) is 288 cm³/mol. The monoisotopic (exact) mass is 1110 g/mol. The molecule has 2 bridgehead atoms. The first-order valence-corrected chi connectivity index (χ1v) is 29.5. The minimum atomic E-state index is -1.63. The summed E-state index contributed by atoms with van der Waals surface area (Å²) in [5.41, 5.74) is -1.65. The van der Waals surface area contributed by atoms with Gasteiger partial charge in [-0.25, -0.2) is 4.79 Å². The van der Waals surface area contributed by atoms with Gasteiger partial charge in [-0.3, -0.25) is 9.59 Å². The summed E-state index contributed by atoms with van der Waals surface area (Å²) < 4.78 is 50.3. The van der Waals surface area contributed by atoms with Crippen LogP contribution in [0.4, 0.5) is 0 Å². The maximum absolute atomic E-state index is 15.7. The van der Waals surface area contributed by atoms with Crippen LogP contribution in [-0.2, 0) is 52.3 Å². The molecule has 4 saturated heterocycles. The van der Waals surface area contributed by atoms with Crippen LogP contribution < -0.4 is 0 Å². The van der Waals surface area contributed by atoms with Crippen LogP contribution in [0, 0.1) is 58.2 Å². The lowest BCUT2D eigenvalue weighted by Crippen LogP contribution is -2.62. The first-order chi connectivity index (χ1) is 37.2. The van der Waals surface area contributed by atoms with E-state index in [1.54, 1.807) is 20.8 Å². The SMILES string of the molecule is CC/C1=C\[C@H](CO)C[C@@H](C)[C@H](O[C@H]2C[C@H](O)[C@H](O[C@@H]3O[C@@H](C)[C@H](O[C@H]4C[C@H](O)[C@H](O)[C@@H](C)O4)[C@@H](OC)[C@H]3O)[C@@H](C)O2)[C@H](C)CCC[C@]2(C)C=C(C)[C@H](C)C[C@]23OC(=O)/C(=C(/O)[C@@]2(CC)[C@H]4[C@H](C=C(C)[C@@H]12)[C@@H](O)CC(=O)[C@@H]4C)C3=O. The molecule has 1 saturated carbocycles. The molecular formula is C61H94O18. The Morgan fingerprint density at radius 2 is 1.38 bits per heavy atom. The molecular weight excluding hydrogens is 1020 g/mol. The summed E-state index contributed by atoms with van der Waals surface area (Å²) in [7, 11) is 1.42. The Bertz CT molecular complexity index is 2320. The Hall–Kier alpha value is -2.95. The average Bonchev–Trinajstić information content (AvgIpc) is 3.87. The standard InChI is InChI=1S/C61H94O18/c1-14-38-21-37(27-62)19-30(5)51(76-45-24-43(66)52(35(10)74-45)78-58-50(68)54(72-13)53(36(11)75-58)77-44-23-42(65)49(67)34(9)73-44)28(3)17-16-18-59(12)25-31(6)32(7)26-61(59)56(70)46(57(71)79-61)55(69)60(15-2)47(38)29(4)20-39-41(64)22-40(63)33(8)48(39)60/h20-21,25,28,30,32-37,39,41-45,47-54,58,62,64-69H,14-19,22-24,26-27H2,1-13H3/b38-21+,55-46+/t28-,30-,32-,33+,34-,35-,36+,37-,39-,41+,42+,43+,44+,45+,47+,48-,49-,50-,51-,52-,53+,54+,58+,59-,60-,61-/m1/s1. The lowest BCUT2D eigenvalue weighted by Gasteiger charge is -2.56. The van der Waals surface area contributed by atoms with E-state index in [1.807, 2.05) is 54.5 Å². The summed E-state index contributed by atoms with van der Waals surface area (Å²) in [6.45, 7) is 22.8. The summed E-state index contributed by atoms with van der Waals surface area (Å²) in [5.74, 6) is -5.41. The van der Waals surface area contributed by atoms with E-state index in [9.17, 15) is 45.3 Å². The largest absolute Gasteiger partial charge is 0.511 e. The summed E-state index contributed by atoms with van der Waals surface area (Å²) in [5, 5.41) is 80.4. The fourth-order valence-corrected chi connectivity index (χ4v) is 16.0. The molecule has 26 atom stereocenters. The van der Waals surface area contributed by atoms with E-state index in [1.165, 1.54) is 7.11 Å². The van der Waals surface area contributed by atoms with E-state index >= 15 is 4.79 Å². The van der Waals surface area contributed by atoms with E-state index in [2.05, 4.69) is 26.0 Å². The van der Waals surface area contributed by atoms with Crippen molar-refractivity contribution in [1.29, 1.82) is 0 Å². The van der Waals surface area contributed by atoms with Crippen molar-refractivity contribution in [3.05, 3.63) is 46.3 Å². The van der Waals surface area contributed by atoms with Crippen molar-refractivity contribution in [3.63, 3.8) is 0 Å². The van der Waals surface area contributed by atoms with E-state index in [4.69, 9.17) is 37.9 Å². The minimum Gasteiger partial charge on any atom is -0.511 e. The molecule has 0 aromatic rings. The first kappa shape index (κ1) is 62.1. The number of rotatable bonds is 10. The summed E-state index contributed by atoms with van der Waals surface area (Å²) >= 11 is 0. The molecule has 79 heavy (non-hydrogen) atoms. The molecule has 18 heteroatoms. The Morgan fingerprint density at radius 3 is 2.00 bits per heavy atom. The molecule has 8 rings (SSSR count). The molecule has 18 nitrogen and oxygen atoms in total. The number of aliphatic hydroxyl groups is 7. The van der Waals surface area contributed by atoms with Crippen molar-refractivity contribution in [2.75, 3.05) is 13.7 Å². The molecule has 0 aromatic carbocycles. The highest BCUT2D eigenvalue weighted by atomic mass is 16.8. The maximum Gasteiger partial charge on any atom is 0.346 e. The number of fused-ring (bicyclic) bond motifs is 4. The Morgan fingerprint density at radius 1 is 0.734 bits per heavy atom. The third-order valence-corrected chi connectivity index (χ3v) is 20.4. The van der Waals surface area contributed by atoms with Gasteiger partial charge in [-0.1, -0.05) is 89.8 Å². The summed E-state index contributed by atoms with van der Waals surface area (Å²) in [4.78, 5) is 44.3. The highest BCUT2D eigenvalue weighted by Gasteiger charge is 2.67. The number of hydrogen-bond donors (Lipinski definition) is 7. The van der Waals surface area contributed by atoms with Gasteiger partial charge in [0.1, 0.15) is 47.6 Å². The maximum atomic E-state index is 15.7. The normalized spacial score (nSPS) is 50.0. The van der Waals surface area contributed by atoms with Gasteiger partial charge in [0.05, 0.1) is 42.7 Å². The first-order valence-electron chi connectivity index (χ1n) is 29.5. The topological polar surface area (TPSA) is 267 Å². The van der Waals surface area contributed by atoms with E-state index in [0.717, 1.165) is 16.7 Å². The van der Waals surface area contributed by atoms with Crippen molar-refractivity contribution in [1.82, 2.24) is 0 Å². The number of allylic oxidation sites excluding steroid dienone is 4. The summed E-state index contributed by atoms with van der Waals surface area (Å²) in [6, 6.07) is 0. The van der Waals surface area contributed by atoms with Gasteiger partial charge in [0.2, 0.25) is 5.78 Å². The number of hydrogen-bond acceptors (Lipinski definition) is 18. The number of carbonyl (C=O) groups is 3. The van der Waals surface area contributed by atoms with Crippen molar-refractivity contribution < 1.29 is 88.0 Å². The zero-order valence-corrected chi connectivity index (χ0v) is 48.9. The van der Waals surface area contributed by atoms with Gasteiger partial charge in [0, 0.05) is 73.9 Å². The molecule has 7 N–H and O–H groups in total. The number of ether oxygens (including phenoxy) is 8. The number of ketones is 2. The Balaban J connectivity index is 1.10. The van der Waals surface area contributed by atoms with E-state index in [-0.39, 0.29) is 73.6 Å². The third kappa shape index (κ3) is 11.2. The lowest BCUT2D eigenvalue weighted by atomic mass is 9.47. The van der Waals surface area contributed by atoms with Crippen molar-refractivity contribution >= 4 is 17.5 Å². The lowest BCUT2D eigenvalue weighted by molar-refractivity contribution is -0.360. The Labute approximate surface area is 467 Å². The number of esters is 1. The highest BCUT2D eigenvalue weighted by Crippen LogP contribution is 2.64. The van der Waals surface area contributed by atoms with Crippen molar-refractivity contribution in [2.45, 2.75) is 245 Å². The quantitative estimate of drug-likeness (QED) is 0.0724. The average molecular weight is 1120 g/mol. The molecule has 0 aromatic heterocycles. The highest BCUT2D eigenvalue weighted by molar-refractivity contribution is 6.26. The van der Waals surface area contributed by atoms with Crippen LogP contribution in [-0.4, -0.2) is 165 Å². The van der Waals surface area contributed by atoms with Crippen LogP contribution in [0.15, 0.2) is 46.3 Å². The van der Waals surface area contributed by atoms with E-state index in [0.29, 0.717) is 32.1 Å². The van der Waals surface area contributed by atoms with Gasteiger partial charge in [0.25, 0.3) is 0 Å². The van der Waals surface area contributed by atoms with E-state index < -0.39 is 150 Å². The van der Waals surface area contributed by atoms with Gasteiger partial charge in [0.15, 0.2) is 24.5 Å². The second-order valence-electron chi connectivity index (χ2n) is 25.5. The van der Waals surface area contributed by atoms with Gasteiger partial charge in [-0.15, -0.1) is 0 Å². The van der Waals surface area contributed by atoms with Crippen LogP contribution >= 0.6 is 0 Å². The fraction of sp³-hybridized carbons (Fsp3) is 0.820. The van der Waals surface area contributed by atoms with Crippen molar-refractivity contribution in [2.24, 2.45) is 58.2 Å². The number of Topliss-reactive ketones (excluding diaryl/α,β-unsaturated/α-hetero) is 2. The molecule has 4 aliphatic carbocycles. The Kier molecular flexibility index (Phi) is 19.1. The molecule has 4 aliphatic heterocycles. The zero-order chi connectivity index (χ0) is 58.0. The molecule has 8 aliphatic rings. The molecule has 5 fully saturated rings. The molecule has 0 unspecified atom stereocenters. The second-order valence-corrected chi connectivity index (χ2v) is 25.5. The fourth-order valence-electron chi connectivity index (χ4n) is 16.0. The predicted octanol–water partition coefficient (Wildman–Crippen LogP) is 6.25. The van der Waals surface area contributed by atoms with Crippen LogP contribution in [0.2, 0.25) is 0 Å². The molecule has 0 amide bonds. The van der Waals surface area contributed by atoms with Crippen LogP contribution in [0.5, 0.6) is 0 Å². The van der Waals surface area contributed by atoms with Gasteiger partial charge >= 0.3 is 5.97 Å². The second kappa shape index (κ2) is 24.3. The van der Waals surface area contributed by atoms with Crippen LogP contribution in [0.25, 0.3) is 0 Å². The van der Waals surface area contributed by atoms with Crippen LogP contribution in [0.1, 0.15) is 147 Å². The van der Waals surface area contributed by atoms with Gasteiger partial charge in [-0.2, -0.15) is 0 Å². The van der Waals surface area contributed by atoms with Crippen LogP contribution in [0.3, 0.4) is 0 Å². The summed E-state index contributed by atoms with van der Waals surface area (Å²) in [6.07, 6.45) is -4.99. The molecule has 1 spiro atoms. The third-order valence-electron chi connectivity index (χ3n) is 20.4. The van der Waals surface area contributed by atoms with Gasteiger partial charge < -0.3 is 73.6 Å². The minimum absolute atomic E-state index is 0.00262. The molecule has 0 radical (unpaired) electrons. The number of carbonyl (C=O) groups excluding carboxylic acids is 3. The molecule has 4 heterocycles. The smallest absolute Gasteiger partial charge is 0.346 e. The number of methoxy groups -OCH3 is 1. The van der Waals surface area contributed by atoms with Crippen molar-refractivity contribution in [3.8, 4) is 0 Å². The van der Waals surface area contributed by atoms with Gasteiger partial charge in [-0.05, 0) is 90.4 Å².